The molecule has 1 heterocycles. The summed E-state index contributed by atoms with van der Waals surface area (Å²) in [4.78, 5) is 0. The van der Waals surface area contributed by atoms with Crippen molar-refractivity contribution in [2.75, 3.05) is 18.8 Å². The predicted octanol–water partition coefficient (Wildman–Crippen LogP) is 2.08. The minimum absolute atomic E-state index is 0.0392. The molecule has 0 aliphatic carbocycles. The van der Waals surface area contributed by atoms with Crippen molar-refractivity contribution in [1.29, 1.82) is 0 Å². The van der Waals surface area contributed by atoms with Crippen molar-refractivity contribution >= 4 is 15.7 Å². The van der Waals surface area contributed by atoms with Crippen LogP contribution < -0.4 is 5.73 Å². The Morgan fingerprint density at radius 3 is 2.47 bits per heavy atom. The van der Waals surface area contributed by atoms with Gasteiger partial charge in [0.05, 0.1) is 5.75 Å². The van der Waals surface area contributed by atoms with Crippen molar-refractivity contribution in [3.63, 3.8) is 0 Å². The first kappa shape index (κ1) is 14.3. The fraction of sp³-hybridized carbons (Fsp3) is 0.571. The molecule has 1 aliphatic heterocycles. The van der Waals surface area contributed by atoms with Crippen molar-refractivity contribution in [2.24, 2.45) is 11.8 Å². The zero-order valence-corrected chi connectivity index (χ0v) is 12.4. The Balaban J connectivity index is 2.14. The Bertz CT molecular complexity index is 532. The summed E-state index contributed by atoms with van der Waals surface area (Å²) >= 11 is 0. The van der Waals surface area contributed by atoms with Crippen molar-refractivity contribution in [2.45, 2.75) is 26.0 Å². The van der Waals surface area contributed by atoms with Crippen LogP contribution >= 0.6 is 0 Å². The molecule has 1 aliphatic rings. The molecule has 19 heavy (non-hydrogen) atoms. The van der Waals surface area contributed by atoms with Gasteiger partial charge < -0.3 is 5.73 Å². The zero-order valence-electron chi connectivity index (χ0n) is 11.5. The maximum Gasteiger partial charge on any atom is 0.218 e. The first-order chi connectivity index (χ1) is 8.87. The lowest BCUT2D eigenvalue weighted by Crippen LogP contribution is -2.43. The van der Waals surface area contributed by atoms with Crippen molar-refractivity contribution < 1.29 is 8.42 Å². The van der Waals surface area contributed by atoms with Crippen LogP contribution in [0.25, 0.3) is 0 Å². The minimum atomic E-state index is -3.24. The molecular formula is C14H22N2O2S. The molecule has 1 aromatic rings. The first-order valence-electron chi connectivity index (χ1n) is 6.69. The molecule has 2 N–H and O–H groups in total. The van der Waals surface area contributed by atoms with E-state index >= 15 is 0 Å². The highest BCUT2D eigenvalue weighted by Crippen LogP contribution is 2.25. The van der Waals surface area contributed by atoms with E-state index in [0.717, 1.165) is 12.0 Å². The van der Waals surface area contributed by atoms with Gasteiger partial charge in [-0.1, -0.05) is 26.0 Å². The van der Waals surface area contributed by atoms with Gasteiger partial charge in [0.1, 0.15) is 0 Å². The van der Waals surface area contributed by atoms with Crippen LogP contribution in [0.15, 0.2) is 24.3 Å². The van der Waals surface area contributed by atoms with Crippen LogP contribution in [-0.4, -0.2) is 25.8 Å². The third kappa shape index (κ3) is 3.70. The van der Waals surface area contributed by atoms with Crippen LogP contribution in [0.1, 0.15) is 25.8 Å². The summed E-state index contributed by atoms with van der Waals surface area (Å²) in [6.45, 7) is 5.49. The number of nitrogen functional groups attached to an aromatic ring is 1. The molecule has 1 fully saturated rings. The molecule has 0 radical (unpaired) electrons. The summed E-state index contributed by atoms with van der Waals surface area (Å²) in [6.07, 6.45) is 1.10. The van der Waals surface area contributed by atoms with Gasteiger partial charge in [0, 0.05) is 18.8 Å². The molecule has 0 bridgehead atoms. The fourth-order valence-electron chi connectivity index (χ4n) is 2.82. The molecule has 0 aromatic heterocycles. The van der Waals surface area contributed by atoms with E-state index in [4.69, 9.17) is 5.73 Å². The van der Waals surface area contributed by atoms with E-state index < -0.39 is 10.0 Å². The SMILES string of the molecule is C[C@@H]1C[C@H](C)CN(S(=O)(=O)Cc2cccc(N)c2)C1. The molecule has 0 unspecified atom stereocenters. The molecule has 0 saturated carbocycles. The van der Waals surface area contributed by atoms with Crippen molar-refractivity contribution in [3.05, 3.63) is 29.8 Å². The van der Waals surface area contributed by atoms with Gasteiger partial charge in [-0.25, -0.2) is 12.7 Å². The van der Waals surface area contributed by atoms with E-state index in [2.05, 4.69) is 13.8 Å². The van der Waals surface area contributed by atoms with Gasteiger partial charge in [-0.3, -0.25) is 0 Å². The zero-order chi connectivity index (χ0) is 14.0. The average molecular weight is 282 g/mol. The summed E-state index contributed by atoms with van der Waals surface area (Å²) in [5.41, 5.74) is 7.05. The quantitative estimate of drug-likeness (QED) is 0.863. The van der Waals surface area contributed by atoms with E-state index in [1.54, 1.807) is 22.5 Å². The Morgan fingerprint density at radius 2 is 1.89 bits per heavy atom. The van der Waals surface area contributed by atoms with Gasteiger partial charge in [0.2, 0.25) is 10.0 Å². The highest BCUT2D eigenvalue weighted by atomic mass is 32.2. The maximum atomic E-state index is 12.4. The number of rotatable bonds is 3. The van der Waals surface area contributed by atoms with Gasteiger partial charge in [0.15, 0.2) is 0 Å². The molecule has 1 saturated heterocycles. The van der Waals surface area contributed by atoms with E-state index in [-0.39, 0.29) is 5.75 Å². The molecular weight excluding hydrogens is 260 g/mol. The molecule has 2 atom stereocenters. The Labute approximate surface area is 115 Å². The number of nitrogens with zero attached hydrogens (tertiary/aromatic N) is 1. The van der Waals surface area contributed by atoms with Gasteiger partial charge in [-0.05, 0) is 36.0 Å². The number of sulfonamides is 1. The summed E-state index contributed by atoms with van der Waals surface area (Å²) in [5, 5.41) is 0. The Morgan fingerprint density at radius 1 is 1.26 bits per heavy atom. The van der Waals surface area contributed by atoms with Crippen LogP contribution in [0.2, 0.25) is 0 Å². The number of anilines is 1. The second kappa shape index (κ2) is 5.51. The Kier molecular flexibility index (Phi) is 4.16. The van der Waals surface area contributed by atoms with E-state index in [1.165, 1.54) is 0 Å². The van der Waals surface area contributed by atoms with Crippen LogP contribution in [0.3, 0.4) is 0 Å². The van der Waals surface area contributed by atoms with Crippen molar-refractivity contribution in [3.8, 4) is 0 Å². The molecule has 106 valence electrons. The topological polar surface area (TPSA) is 63.4 Å². The van der Waals surface area contributed by atoms with Crippen LogP contribution in [-0.2, 0) is 15.8 Å². The van der Waals surface area contributed by atoms with Crippen LogP contribution in [0.4, 0.5) is 5.69 Å². The molecule has 2 rings (SSSR count). The largest absolute Gasteiger partial charge is 0.399 e. The molecule has 4 nitrogen and oxygen atoms in total. The maximum absolute atomic E-state index is 12.4. The standard InChI is InChI=1S/C14H22N2O2S/c1-11-6-12(2)9-16(8-11)19(17,18)10-13-4-3-5-14(15)7-13/h3-5,7,11-12H,6,8-10,15H2,1-2H3/t11-,12+. The van der Waals surface area contributed by atoms with Gasteiger partial charge >= 0.3 is 0 Å². The highest BCUT2D eigenvalue weighted by molar-refractivity contribution is 7.88. The smallest absolute Gasteiger partial charge is 0.218 e. The third-order valence-electron chi connectivity index (χ3n) is 3.53. The second-order valence-corrected chi connectivity index (χ2v) is 7.73. The Hall–Kier alpha value is -1.07. The number of nitrogens with two attached hydrogens (primary N) is 1. The lowest BCUT2D eigenvalue weighted by atomic mass is 9.94. The summed E-state index contributed by atoms with van der Waals surface area (Å²) in [5.74, 6) is 0.899. The third-order valence-corrected chi connectivity index (χ3v) is 5.31. The van der Waals surface area contributed by atoms with E-state index in [1.807, 2.05) is 6.07 Å². The van der Waals surface area contributed by atoms with Crippen LogP contribution in [0.5, 0.6) is 0 Å². The van der Waals surface area contributed by atoms with E-state index in [0.29, 0.717) is 30.6 Å². The predicted molar refractivity (Wildman–Crippen MR) is 78.0 cm³/mol. The van der Waals surface area contributed by atoms with Crippen molar-refractivity contribution in [1.82, 2.24) is 4.31 Å². The van der Waals surface area contributed by atoms with Crippen LogP contribution in [0, 0.1) is 11.8 Å². The molecule has 0 spiro atoms. The van der Waals surface area contributed by atoms with Gasteiger partial charge in [0.25, 0.3) is 0 Å². The van der Waals surface area contributed by atoms with Gasteiger partial charge in [-0.15, -0.1) is 0 Å². The number of hydrogen-bond donors (Lipinski definition) is 1. The lowest BCUT2D eigenvalue weighted by Gasteiger charge is -2.34. The number of benzene rings is 1. The summed E-state index contributed by atoms with van der Waals surface area (Å²) in [7, 11) is -3.24. The highest BCUT2D eigenvalue weighted by Gasteiger charge is 2.30. The number of hydrogen-bond acceptors (Lipinski definition) is 3. The minimum Gasteiger partial charge on any atom is -0.399 e. The lowest BCUT2D eigenvalue weighted by molar-refractivity contribution is 0.222. The second-order valence-electron chi connectivity index (χ2n) is 5.76. The number of piperidine rings is 1. The fourth-order valence-corrected chi connectivity index (χ4v) is 4.56. The normalized spacial score (nSPS) is 25.4. The molecule has 1 aromatic carbocycles. The summed E-state index contributed by atoms with van der Waals surface area (Å²) < 4.78 is 26.5. The summed E-state index contributed by atoms with van der Waals surface area (Å²) in [6, 6.07) is 7.10. The first-order valence-corrected chi connectivity index (χ1v) is 8.30. The average Bonchev–Trinajstić information content (AvgIpc) is 2.26. The molecule has 5 heteroatoms. The monoisotopic (exact) mass is 282 g/mol. The van der Waals surface area contributed by atoms with Gasteiger partial charge in [-0.2, -0.15) is 0 Å². The molecule has 0 amide bonds. The van der Waals surface area contributed by atoms with E-state index in [9.17, 15) is 8.42 Å².